The van der Waals surface area contributed by atoms with Crippen LogP contribution in [-0.2, 0) is 6.42 Å². The molecule has 1 aromatic heterocycles. The first-order valence-electron chi connectivity index (χ1n) is 6.16. The number of hydrogen-bond donors (Lipinski definition) is 0. The van der Waals surface area contributed by atoms with Crippen LogP contribution in [0.2, 0.25) is 0 Å². The van der Waals surface area contributed by atoms with Crippen LogP contribution in [0.4, 0.5) is 10.2 Å². The molecule has 1 heterocycles. The number of aromatic nitrogens is 1. The average molecular weight is 292 g/mol. The summed E-state index contributed by atoms with van der Waals surface area (Å²) in [6.45, 7) is 0.145. The Morgan fingerprint density at radius 3 is 2.86 bits per heavy atom. The molecule has 2 rings (SSSR count). The third kappa shape index (κ3) is 3.65. The van der Waals surface area contributed by atoms with Crippen LogP contribution >= 0.6 is 0 Å². The van der Waals surface area contributed by atoms with E-state index in [1.54, 1.807) is 6.07 Å². The number of benzene rings is 1. The van der Waals surface area contributed by atoms with Gasteiger partial charge in [-0.3, -0.25) is 0 Å². The van der Waals surface area contributed by atoms with E-state index in [0.717, 1.165) is 0 Å². The van der Waals surface area contributed by atoms with Gasteiger partial charge in [-0.1, -0.05) is 0 Å². The number of nitro groups is 1. The number of rotatable bonds is 6. The van der Waals surface area contributed by atoms with Crippen molar-refractivity contribution in [2.24, 2.45) is 0 Å². The van der Waals surface area contributed by atoms with Crippen molar-refractivity contribution in [3.8, 4) is 11.5 Å². The van der Waals surface area contributed by atoms with Crippen LogP contribution in [0.3, 0.4) is 0 Å². The van der Waals surface area contributed by atoms with E-state index in [9.17, 15) is 14.5 Å². The van der Waals surface area contributed by atoms with Gasteiger partial charge < -0.3 is 19.6 Å². The lowest BCUT2D eigenvalue weighted by Gasteiger charge is -2.09. The molecule has 7 heteroatoms. The molecule has 21 heavy (non-hydrogen) atoms. The Balaban J connectivity index is 2.05. The minimum Gasteiger partial charge on any atom is -0.496 e. The van der Waals surface area contributed by atoms with Gasteiger partial charge in [0, 0.05) is 12.0 Å². The van der Waals surface area contributed by atoms with E-state index in [1.165, 1.54) is 37.6 Å². The lowest BCUT2D eigenvalue weighted by atomic mass is 10.1. The maximum atomic E-state index is 13.2. The Labute approximate surface area is 120 Å². The zero-order chi connectivity index (χ0) is 15.2. The van der Waals surface area contributed by atoms with Crippen LogP contribution < -0.4 is 9.47 Å². The summed E-state index contributed by atoms with van der Waals surface area (Å²) in [4.78, 5) is 13.8. The van der Waals surface area contributed by atoms with Gasteiger partial charge in [-0.25, -0.2) is 4.39 Å². The van der Waals surface area contributed by atoms with Crippen molar-refractivity contribution in [1.82, 2.24) is 4.98 Å². The van der Waals surface area contributed by atoms with E-state index in [-0.39, 0.29) is 24.0 Å². The summed E-state index contributed by atoms with van der Waals surface area (Å²) in [5.41, 5.74) is 0.629. The minimum atomic E-state index is -0.613. The first-order valence-corrected chi connectivity index (χ1v) is 6.16. The number of pyridine rings is 1. The second-order valence-electron chi connectivity index (χ2n) is 4.14. The molecule has 0 N–H and O–H groups in total. The molecule has 0 aliphatic rings. The second kappa shape index (κ2) is 6.65. The highest BCUT2D eigenvalue weighted by atomic mass is 19.1. The second-order valence-corrected chi connectivity index (χ2v) is 4.14. The Bertz CT molecular complexity index is 649. The van der Waals surface area contributed by atoms with Crippen LogP contribution in [0.1, 0.15) is 5.56 Å². The average Bonchev–Trinajstić information content (AvgIpc) is 2.48. The van der Waals surface area contributed by atoms with Gasteiger partial charge in [0.1, 0.15) is 17.8 Å². The summed E-state index contributed by atoms with van der Waals surface area (Å²) in [6.07, 6.45) is 1.67. The van der Waals surface area contributed by atoms with E-state index in [2.05, 4.69) is 4.98 Å². The van der Waals surface area contributed by atoms with Gasteiger partial charge in [0.05, 0.1) is 13.7 Å². The molecule has 0 amide bonds. The lowest BCUT2D eigenvalue weighted by molar-refractivity contribution is -0.390. The van der Waals surface area contributed by atoms with Crippen molar-refractivity contribution in [2.45, 2.75) is 6.42 Å². The normalized spacial score (nSPS) is 10.2. The molecule has 0 bridgehead atoms. The molecule has 6 nitrogen and oxygen atoms in total. The van der Waals surface area contributed by atoms with Crippen molar-refractivity contribution < 1.29 is 18.8 Å². The fourth-order valence-electron chi connectivity index (χ4n) is 1.85. The molecule has 0 aliphatic heterocycles. The Hall–Kier alpha value is -2.70. The van der Waals surface area contributed by atoms with Crippen molar-refractivity contribution in [3.63, 3.8) is 0 Å². The number of methoxy groups -OCH3 is 1. The topological polar surface area (TPSA) is 74.5 Å². The highest BCUT2D eigenvalue weighted by Gasteiger charge is 2.15. The summed E-state index contributed by atoms with van der Waals surface area (Å²) in [7, 11) is 1.49. The molecule has 0 aliphatic carbocycles. The van der Waals surface area contributed by atoms with Gasteiger partial charge in [0.2, 0.25) is 5.75 Å². The van der Waals surface area contributed by atoms with Crippen molar-refractivity contribution in [2.75, 3.05) is 13.7 Å². The first-order chi connectivity index (χ1) is 10.1. The highest BCUT2D eigenvalue weighted by molar-refractivity contribution is 5.39. The molecule has 110 valence electrons. The van der Waals surface area contributed by atoms with Gasteiger partial charge in [0.25, 0.3) is 0 Å². The summed E-state index contributed by atoms with van der Waals surface area (Å²) < 4.78 is 23.7. The smallest absolute Gasteiger partial charge is 0.406 e. The number of ether oxygens (including phenoxy) is 2. The van der Waals surface area contributed by atoms with Crippen LogP contribution in [0, 0.1) is 15.9 Å². The number of nitrogens with zero attached hydrogens (tertiary/aromatic N) is 2. The third-order valence-corrected chi connectivity index (χ3v) is 2.80. The molecule has 0 saturated carbocycles. The molecule has 0 unspecified atom stereocenters. The lowest BCUT2D eigenvalue weighted by Crippen LogP contribution is -2.05. The SMILES string of the molecule is COc1ccc(F)cc1CCOc1cccnc1[N+](=O)[O-]. The maximum absolute atomic E-state index is 13.2. The molecule has 0 atom stereocenters. The molecule has 0 saturated heterocycles. The van der Waals surface area contributed by atoms with E-state index in [0.29, 0.717) is 17.7 Å². The molecule has 0 spiro atoms. The maximum Gasteiger partial charge on any atom is 0.406 e. The van der Waals surface area contributed by atoms with Crippen LogP contribution in [0.15, 0.2) is 36.5 Å². The van der Waals surface area contributed by atoms with Gasteiger partial charge in [-0.15, -0.1) is 0 Å². The van der Waals surface area contributed by atoms with E-state index in [4.69, 9.17) is 9.47 Å². The fraction of sp³-hybridized carbons (Fsp3) is 0.214. The molecule has 0 radical (unpaired) electrons. The quantitative estimate of drug-likeness (QED) is 0.604. The molecule has 0 fully saturated rings. The summed E-state index contributed by atoms with van der Waals surface area (Å²) in [5, 5.41) is 10.8. The van der Waals surface area contributed by atoms with Crippen molar-refractivity contribution >= 4 is 5.82 Å². The highest BCUT2D eigenvalue weighted by Crippen LogP contribution is 2.24. The molecular weight excluding hydrogens is 279 g/mol. The monoisotopic (exact) mass is 292 g/mol. The van der Waals surface area contributed by atoms with Gasteiger partial charge in [-0.2, -0.15) is 0 Å². The zero-order valence-electron chi connectivity index (χ0n) is 11.3. The summed E-state index contributed by atoms with van der Waals surface area (Å²) >= 11 is 0. The largest absolute Gasteiger partial charge is 0.496 e. The Morgan fingerprint density at radius 1 is 1.33 bits per heavy atom. The van der Waals surface area contributed by atoms with E-state index in [1.807, 2.05) is 0 Å². The summed E-state index contributed by atoms with van der Waals surface area (Å²) in [6, 6.07) is 7.19. The van der Waals surface area contributed by atoms with Gasteiger partial charge in [-0.05, 0) is 40.2 Å². The predicted octanol–water partition coefficient (Wildman–Crippen LogP) is 2.76. The Kier molecular flexibility index (Phi) is 4.65. The number of hydrogen-bond acceptors (Lipinski definition) is 5. The number of halogens is 1. The van der Waals surface area contributed by atoms with Crippen molar-refractivity contribution in [3.05, 3.63) is 58.0 Å². The van der Waals surface area contributed by atoms with E-state index >= 15 is 0 Å². The van der Waals surface area contributed by atoms with Crippen LogP contribution in [0.25, 0.3) is 0 Å². The van der Waals surface area contributed by atoms with Gasteiger partial charge >= 0.3 is 5.82 Å². The van der Waals surface area contributed by atoms with Crippen LogP contribution in [-0.4, -0.2) is 23.6 Å². The molecular formula is C14H13FN2O4. The molecule has 2 aromatic rings. The van der Waals surface area contributed by atoms with E-state index < -0.39 is 4.92 Å². The first kappa shape index (κ1) is 14.7. The predicted molar refractivity (Wildman–Crippen MR) is 73.0 cm³/mol. The minimum absolute atomic E-state index is 0.0814. The molecule has 1 aromatic carbocycles. The third-order valence-electron chi connectivity index (χ3n) is 2.80. The Morgan fingerprint density at radius 2 is 2.14 bits per heavy atom. The van der Waals surface area contributed by atoms with Crippen LogP contribution in [0.5, 0.6) is 11.5 Å². The summed E-state index contributed by atoms with van der Waals surface area (Å²) in [5.74, 6) is -0.0968. The fourth-order valence-corrected chi connectivity index (χ4v) is 1.85. The van der Waals surface area contributed by atoms with Crippen molar-refractivity contribution in [1.29, 1.82) is 0 Å². The standard InChI is InChI=1S/C14H13FN2O4/c1-20-12-5-4-11(15)9-10(12)6-8-21-13-3-2-7-16-14(13)17(18)19/h2-5,7,9H,6,8H2,1H3. The zero-order valence-corrected chi connectivity index (χ0v) is 11.3. The van der Waals surface area contributed by atoms with Gasteiger partial charge in [0.15, 0.2) is 0 Å².